The molecule has 0 saturated carbocycles. The number of hydrogen-bond acceptors (Lipinski definition) is 3. The summed E-state index contributed by atoms with van der Waals surface area (Å²) >= 11 is 0. The van der Waals surface area contributed by atoms with Crippen molar-refractivity contribution in [1.29, 1.82) is 0 Å². The molecule has 3 nitrogen and oxygen atoms in total. The van der Waals surface area contributed by atoms with Gasteiger partial charge in [0.05, 0.1) is 6.04 Å². The summed E-state index contributed by atoms with van der Waals surface area (Å²) in [6.07, 6.45) is 8.49. The van der Waals surface area contributed by atoms with E-state index in [0.29, 0.717) is 23.3 Å². The summed E-state index contributed by atoms with van der Waals surface area (Å²) in [6.45, 7) is 20.5. The van der Waals surface area contributed by atoms with Crippen molar-refractivity contribution in [2.45, 2.75) is 88.6 Å². The molecule has 0 saturated heterocycles. The summed E-state index contributed by atoms with van der Waals surface area (Å²) in [5.41, 5.74) is 2.41. The molecule has 166 valence electrons. The molecular formula is C25H42FNO2. The highest BCUT2D eigenvalue weighted by molar-refractivity contribution is 6.01. The predicted molar refractivity (Wildman–Crippen MR) is 125 cm³/mol. The first-order valence-corrected chi connectivity index (χ1v) is 10.7. The molecule has 0 spiro atoms. The molecule has 1 rings (SSSR count). The van der Waals surface area contributed by atoms with Gasteiger partial charge in [-0.1, -0.05) is 60.6 Å². The van der Waals surface area contributed by atoms with Gasteiger partial charge in [0.1, 0.15) is 5.83 Å². The van der Waals surface area contributed by atoms with Gasteiger partial charge in [-0.05, 0) is 57.1 Å². The fourth-order valence-electron chi connectivity index (χ4n) is 2.12. The highest BCUT2D eigenvalue weighted by Crippen LogP contribution is 2.16. The summed E-state index contributed by atoms with van der Waals surface area (Å²) in [5.74, 6) is -0.470. The first-order valence-electron chi connectivity index (χ1n) is 10.7. The minimum absolute atomic E-state index is 0.0630. The minimum atomic E-state index is -0.352. The maximum absolute atomic E-state index is 13.7. The summed E-state index contributed by atoms with van der Waals surface area (Å²) in [6, 6.07) is -0.352. The van der Waals surface area contributed by atoms with Crippen LogP contribution in [0.25, 0.3) is 0 Å². The zero-order valence-corrected chi connectivity index (χ0v) is 20.4. The number of halogens is 1. The molecule has 0 fully saturated rings. The Morgan fingerprint density at radius 1 is 1.07 bits per heavy atom. The van der Waals surface area contributed by atoms with E-state index < -0.39 is 0 Å². The van der Waals surface area contributed by atoms with Crippen LogP contribution in [0.2, 0.25) is 0 Å². The van der Waals surface area contributed by atoms with E-state index in [1.54, 1.807) is 26.8 Å². The van der Waals surface area contributed by atoms with Gasteiger partial charge in [-0.25, -0.2) is 4.39 Å². The lowest BCUT2D eigenvalue weighted by Gasteiger charge is -2.15. The Hall–Kier alpha value is -2.23. The minimum Gasteiger partial charge on any atom is -0.378 e. The van der Waals surface area contributed by atoms with Gasteiger partial charge in [0.25, 0.3) is 0 Å². The van der Waals surface area contributed by atoms with Crippen LogP contribution in [0.1, 0.15) is 82.6 Å². The lowest BCUT2D eigenvalue weighted by molar-refractivity contribution is -0.115. The first kappa shape index (κ1) is 31.5. The van der Waals surface area contributed by atoms with E-state index in [0.717, 1.165) is 5.57 Å². The molecule has 1 atom stereocenters. The zero-order chi connectivity index (χ0) is 23.6. The molecule has 0 aromatic rings. The summed E-state index contributed by atoms with van der Waals surface area (Å²) in [4.78, 5) is 23.6. The maximum atomic E-state index is 13.7. The lowest BCUT2D eigenvalue weighted by atomic mass is 10.0. The Kier molecular flexibility index (Phi) is 20.7. The van der Waals surface area contributed by atoms with Crippen LogP contribution in [0.5, 0.6) is 0 Å². The number of rotatable bonds is 6. The Balaban J connectivity index is -0.00000103. The van der Waals surface area contributed by atoms with Gasteiger partial charge in [0, 0.05) is 17.7 Å². The standard InChI is InChI=1S/C19H24FNO2.3C2H6/c1-6-19(23)18(10-13(3)15(5)22)14(4)21-17-8-7-12(2)9-16(20)11-17;3*1-2/h7-11,17,21H,6H2,1-5H3;3*1-2H3/b13-10-,18-14-;;;. The number of nitrogens with one attached hydrogen (secondary N) is 1. The van der Waals surface area contributed by atoms with Gasteiger partial charge < -0.3 is 5.32 Å². The van der Waals surface area contributed by atoms with Gasteiger partial charge in [-0.3, -0.25) is 9.59 Å². The number of allylic oxidation sites excluding steroid dienone is 8. The largest absolute Gasteiger partial charge is 0.378 e. The summed E-state index contributed by atoms with van der Waals surface area (Å²) < 4.78 is 13.7. The Morgan fingerprint density at radius 3 is 2.03 bits per heavy atom. The highest BCUT2D eigenvalue weighted by atomic mass is 19.1. The number of ketones is 2. The van der Waals surface area contributed by atoms with Gasteiger partial charge in [-0.2, -0.15) is 0 Å². The maximum Gasteiger partial charge on any atom is 0.164 e. The summed E-state index contributed by atoms with van der Waals surface area (Å²) in [5, 5.41) is 3.14. The van der Waals surface area contributed by atoms with E-state index >= 15 is 0 Å². The van der Waals surface area contributed by atoms with Crippen molar-refractivity contribution < 1.29 is 14.0 Å². The SMILES string of the molecule is CC.CC.CC.CCC(=O)C(/C=C(/C)C(C)=O)=C(/C)NC1C=CC(C)=CC(F)=C1. The van der Waals surface area contributed by atoms with Gasteiger partial charge >= 0.3 is 0 Å². The molecule has 1 N–H and O–H groups in total. The van der Waals surface area contributed by atoms with Crippen LogP contribution >= 0.6 is 0 Å². The molecule has 0 radical (unpaired) electrons. The fraction of sp³-hybridized carbons (Fsp3) is 0.520. The average Bonchev–Trinajstić information content (AvgIpc) is 2.89. The van der Waals surface area contributed by atoms with E-state index in [2.05, 4.69) is 5.32 Å². The van der Waals surface area contributed by atoms with Crippen molar-refractivity contribution in [3.05, 3.63) is 58.6 Å². The number of hydrogen-bond donors (Lipinski definition) is 1. The second-order valence-electron chi connectivity index (χ2n) is 5.67. The van der Waals surface area contributed by atoms with Crippen LogP contribution in [0, 0.1) is 0 Å². The molecule has 0 aliphatic heterocycles. The van der Waals surface area contributed by atoms with E-state index in [1.165, 1.54) is 19.1 Å². The highest BCUT2D eigenvalue weighted by Gasteiger charge is 2.13. The Labute approximate surface area is 178 Å². The van der Waals surface area contributed by atoms with E-state index in [-0.39, 0.29) is 23.4 Å². The van der Waals surface area contributed by atoms with E-state index in [9.17, 15) is 14.0 Å². The van der Waals surface area contributed by atoms with Crippen molar-refractivity contribution in [1.82, 2.24) is 5.32 Å². The third-order valence-corrected chi connectivity index (χ3v) is 3.60. The molecule has 0 aromatic heterocycles. The van der Waals surface area contributed by atoms with E-state index in [4.69, 9.17) is 0 Å². The third kappa shape index (κ3) is 13.6. The quantitative estimate of drug-likeness (QED) is 0.374. The monoisotopic (exact) mass is 407 g/mol. The van der Waals surface area contributed by atoms with Crippen LogP contribution in [-0.2, 0) is 9.59 Å². The molecule has 1 aliphatic carbocycles. The molecule has 29 heavy (non-hydrogen) atoms. The fourth-order valence-corrected chi connectivity index (χ4v) is 2.12. The number of carbonyl (C=O) groups is 2. The van der Waals surface area contributed by atoms with Gasteiger partial charge in [-0.15, -0.1) is 0 Å². The third-order valence-electron chi connectivity index (χ3n) is 3.60. The van der Waals surface area contributed by atoms with Gasteiger partial charge in [0.2, 0.25) is 0 Å². The van der Waals surface area contributed by atoms with E-state index in [1.807, 2.05) is 60.6 Å². The first-order chi connectivity index (χ1) is 13.7. The van der Waals surface area contributed by atoms with Crippen LogP contribution < -0.4 is 5.32 Å². The zero-order valence-electron chi connectivity index (χ0n) is 20.4. The second-order valence-corrected chi connectivity index (χ2v) is 5.67. The molecule has 4 heteroatoms. The van der Waals surface area contributed by atoms with Crippen molar-refractivity contribution in [2.24, 2.45) is 0 Å². The van der Waals surface area contributed by atoms with Crippen molar-refractivity contribution in [2.75, 3.05) is 0 Å². The Morgan fingerprint density at radius 2 is 1.59 bits per heavy atom. The molecule has 0 aromatic carbocycles. The molecular weight excluding hydrogens is 365 g/mol. The van der Waals surface area contributed by atoms with Crippen LogP contribution in [0.4, 0.5) is 4.39 Å². The van der Waals surface area contributed by atoms with Crippen LogP contribution in [0.3, 0.4) is 0 Å². The second kappa shape index (κ2) is 19.1. The molecule has 1 aliphatic rings. The number of carbonyl (C=O) groups excluding carboxylic acids is 2. The summed E-state index contributed by atoms with van der Waals surface area (Å²) in [7, 11) is 0. The topological polar surface area (TPSA) is 46.2 Å². The molecule has 0 amide bonds. The molecule has 1 unspecified atom stereocenters. The lowest BCUT2D eigenvalue weighted by Crippen LogP contribution is -2.25. The van der Waals surface area contributed by atoms with Crippen LogP contribution in [-0.4, -0.2) is 17.6 Å². The molecule has 0 heterocycles. The Bertz CT molecular complexity index is 650. The van der Waals surface area contributed by atoms with Gasteiger partial charge in [0.15, 0.2) is 11.6 Å². The molecule has 0 bridgehead atoms. The number of Topliss-reactive ketones (excluding diaryl/α,β-unsaturated/α-hetero) is 2. The van der Waals surface area contributed by atoms with Crippen molar-refractivity contribution in [3.63, 3.8) is 0 Å². The van der Waals surface area contributed by atoms with Crippen molar-refractivity contribution in [3.8, 4) is 0 Å². The van der Waals surface area contributed by atoms with Crippen LogP contribution in [0.15, 0.2) is 58.6 Å². The average molecular weight is 408 g/mol. The van der Waals surface area contributed by atoms with Crippen molar-refractivity contribution >= 4 is 11.6 Å². The predicted octanol–water partition coefficient (Wildman–Crippen LogP) is 7.18. The normalized spacial score (nSPS) is 16.0. The smallest absolute Gasteiger partial charge is 0.164 e.